The number of hydrogen-bond donors (Lipinski definition) is 3. The standard InChI is InChI=1S/C15H16N4O3/c16-11-3-7-13(8-4-11)22-12-5-1-10(2-6-12)15(21)14(20)9-18-19-17/h1-8,14-15,20-21H,9,16H2. The molecule has 22 heavy (non-hydrogen) atoms. The Bertz CT molecular complexity index is 651. The van der Waals surface area contributed by atoms with Gasteiger partial charge in [0.1, 0.15) is 17.6 Å². The molecule has 7 nitrogen and oxygen atoms in total. The minimum absolute atomic E-state index is 0.193. The third-order valence-corrected chi connectivity index (χ3v) is 3.03. The number of nitrogens with zero attached hydrogens (tertiary/aromatic N) is 3. The van der Waals surface area contributed by atoms with Gasteiger partial charge in [-0.3, -0.25) is 0 Å². The Morgan fingerprint density at radius 1 is 1.05 bits per heavy atom. The fourth-order valence-electron chi connectivity index (χ4n) is 1.85. The molecule has 0 saturated carbocycles. The molecule has 0 aliphatic rings. The van der Waals surface area contributed by atoms with Gasteiger partial charge in [0, 0.05) is 10.6 Å². The topological polar surface area (TPSA) is 124 Å². The zero-order valence-electron chi connectivity index (χ0n) is 11.7. The molecule has 0 radical (unpaired) electrons. The van der Waals surface area contributed by atoms with E-state index in [0.29, 0.717) is 22.7 Å². The Morgan fingerprint density at radius 3 is 2.14 bits per heavy atom. The van der Waals surface area contributed by atoms with Crippen molar-refractivity contribution in [3.63, 3.8) is 0 Å². The van der Waals surface area contributed by atoms with Crippen LogP contribution in [-0.4, -0.2) is 22.9 Å². The molecular weight excluding hydrogens is 284 g/mol. The number of rotatable bonds is 6. The molecule has 0 aromatic heterocycles. The summed E-state index contributed by atoms with van der Waals surface area (Å²) in [5.41, 5.74) is 15.0. The van der Waals surface area contributed by atoms with E-state index < -0.39 is 12.2 Å². The lowest BCUT2D eigenvalue weighted by molar-refractivity contribution is 0.0244. The third kappa shape index (κ3) is 4.13. The fraction of sp³-hybridized carbons (Fsp3) is 0.200. The van der Waals surface area contributed by atoms with Crippen LogP contribution >= 0.6 is 0 Å². The molecule has 0 aliphatic heterocycles. The lowest BCUT2D eigenvalue weighted by Gasteiger charge is -2.16. The first-order chi connectivity index (χ1) is 10.6. The van der Waals surface area contributed by atoms with E-state index in [-0.39, 0.29) is 6.54 Å². The van der Waals surface area contributed by atoms with Gasteiger partial charge in [0.15, 0.2) is 0 Å². The lowest BCUT2D eigenvalue weighted by Crippen LogP contribution is -2.21. The second-order valence-corrected chi connectivity index (χ2v) is 4.67. The summed E-state index contributed by atoms with van der Waals surface area (Å²) in [6, 6.07) is 13.6. The highest BCUT2D eigenvalue weighted by atomic mass is 16.5. The number of hydrogen-bond acceptors (Lipinski definition) is 5. The predicted molar refractivity (Wildman–Crippen MR) is 82.4 cm³/mol. The summed E-state index contributed by atoms with van der Waals surface area (Å²) in [5, 5.41) is 22.8. The summed E-state index contributed by atoms with van der Waals surface area (Å²) >= 11 is 0. The number of nitrogen functional groups attached to an aromatic ring is 1. The van der Waals surface area contributed by atoms with Crippen molar-refractivity contribution in [3.05, 3.63) is 64.5 Å². The van der Waals surface area contributed by atoms with Gasteiger partial charge in [0.05, 0.1) is 12.6 Å². The first-order valence-corrected chi connectivity index (χ1v) is 6.60. The van der Waals surface area contributed by atoms with Crippen molar-refractivity contribution in [2.45, 2.75) is 12.2 Å². The Balaban J connectivity index is 2.03. The van der Waals surface area contributed by atoms with Crippen LogP contribution in [0.4, 0.5) is 5.69 Å². The van der Waals surface area contributed by atoms with E-state index in [1.54, 1.807) is 48.5 Å². The number of benzene rings is 2. The average Bonchev–Trinajstić information content (AvgIpc) is 2.55. The van der Waals surface area contributed by atoms with Crippen LogP contribution in [0.25, 0.3) is 10.4 Å². The summed E-state index contributed by atoms with van der Waals surface area (Å²) < 4.78 is 5.63. The van der Waals surface area contributed by atoms with Crippen LogP contribution in [0.2, 0.25) is 0 Å². The van der Waals surface area contributed by atoms with E-state index in [1.807, 2.05) is 0 Å². The molecule has 0 amide bonds. The van der Waals surface area contributed by atoms with E-state index >= 15 is 0 Å². The van der Waals surface area contributed by atoms with Crippen molar-refractivity contribution in [3.8, 4) is 11.5 Å². The van der Waals surface area contributed by atoms with Crippen LogP contribution in [0, 0.1) is 0 Å². The van der Waals surface area contributed by atoms with Gasteiger partial charge < -0.3 is 20.7 Å². The van der Waals surface area contributed by atoms with Gasteiger partial charge in [-0.25, -0.2) is 0 Å². The predicted octanol–water partition coefficient (Wildman–Crippen LogP) is 2.77. The molecule has 114 valence electrons. The van der Waals surface area contributed by atoms with Crippen LogP contribution in [0.3, 0.4) is 0 Å². The largest absolute Gasteiger partial charge is 0.457 e. The number of nitrogens with two attached hydrogens (primary N) is 1. The molecule has 2 rings (SSSR count). The van der Waals surface area contributed by atoms with Gasteiger partial charge in [0.25, 0.3) is 0 Å². The number of anilines is 1. The summed E-state index contributed by atoms with van der Waals surface area (Å²) in [7, 11) is 0. The second kappa shape index (κ2) is 7.33. The molecule has 0 fully saturated rings. The fourth-order valence-corrected chi connectivity index (χ4v) is 1.85. The van der Waals surface area contributed by atoms with Crippen LogP contribution < -0.4 is 10.5 Å². The Morgan fingerprint density at radius 2 is 1.59 bits per heavy atom. The normalized spacial score (nSPS) is 13.0. The summed E-state index contributed by atoms with van der Waals surface area (Å²) in [6.07, 6.45) is -2.28. The van der Waals surface area contributed by atoms with Crippen molar-refractivity contribution in [2.75, 3.05) is 12.3 Å². The van der Waals surface area contributed by atoms with Crippen molar-refractivity contribution in [1.82, 2.24) is 0 Å². The van der Waals surface area contributed by atoms with Crippen LogP contribution in [-0.2, 0) is 0 Å². The maximum absolute atomic E-state index is 9.94. The number of aliphatic hydroxyl groups is 2. The van der Waals surface area contributed by atoms with Crippen LogP contribution in [0.5, 0.6) is 11.5 Å². The van der Waals surface area contributed by atoms with E-state index in [0.717, 1.165) is 0 Å². The average molecular weight is 300 g/mol. The van der Waals surface area contributed by atoms with Crippen molar-refractivity contribution < 1.29 is 14.9 Å². The minimum Gasteiger partial charge on any atom is -0.457 e. The van der Waals surface area contributed by atoms with Crippen LogP contribution in [0.15, 0.2) is 53.6 Å². The zero-order valence-corrected chi connectivity index (χ0v) is 11.7. The maximum Gasteiger partial charge on any atom is 0.127 e. The minimum atomic E-state index is -1.15. The van der Waals surface area contributed by atoms with E-state index in [2.05, 4.69) is 10.0 Å². The van der Waals surface area contributed by atoms with Gasteiger partial charge in [0.2, 0.25) is 0 Å². The van der Waals surface area contributed by atoms with Crippen molar-refractivity contribution in [2.24, 2.45) is 5.11 Å². The molecule has 0 heterocycles. The molecule has 0 saturated heterocycles. The van der Waals surface area contributed by atoms with Gasteiger partial charge >= 0.3 is 0 Å². The van der Waals surface area contributed by atoms with E-state index in [4.69, 9.17) is 16.0 Å². The second-order valence-electron chi connectivity index (χ2n) is 4.67. The molecule has 2 unspecified atom stereocenters. The van der Waals surface area contributed by atoms with Crippen molar-refractivity contribution >= 4 is 5.69 Å². The Hall–Kier alpha value is -2.73. The molecule has 4 N–H and O–H groups in total. The molecule has 2 aromatic carbocycles. The monoisotopic (exact) mass is 300 g/mol. The summed E-state index contributed by atoms with van der Waals surface area (Å²) in [4.78, 5) is 2.54. The Kier molecular flexibility index (Phi) is 5.21. The molecule has 0 spiro atoms. The molecule has 7 heteroatoms. The number of aliphatic hydroxyl groups excluding tert-OH is 2. The lowest BCUT2D eigenvalue weighted by atomic mass is 10.0. The molecule has 0 aliphatic carbocycles. The first-order valence-electron chi connectivity index (χ1n) is 6.60. The smallest absolute Gasteiger partial charge is 0.127 e. The number of azide groups is 1. The highest BCUT2D eigenvalue weighted by Gasteiger charge is 2.17. The van der Waals surface area contributed by atoms with Gasteiger partial charge in [-0.15, -0.1) is 0 Å². The number of ether oxygens (including phenoxy) is 1. The molecule has 2 aromatic rings. The van der Waals surface area contributed by atoms with E-state index in [9.17, 15) is 10.2 Å². The highest BCUT2D eigenvalue weighted by Crippen LogP contribution is 2.25. The summed E-state index contributed by atoms with van der Waals surface area (Å²) in [5.74, 6) is 1.23. The van der Waals surface area contributed by atoms with Gasteiger partial charge in [-0.2, -0.15) is 0 Å². The van der Waals surface area contributed by atoms with Gasteiger partial charge in [-0.1, -0.05) is 17.2 Å². The Labute approximate surface area is 127 Å². The highest BCUT2D eigenvalue weighted by molar-refractivity contribution is 5.43. The quantitative estimate of drug-likeness (QED) is 0.328. The molecule has 2 atom stereocenters. The molecular formula is C15H16N4O3. The molecule has 0 bridgehead atoms. The van der Waals surface area contributed by atoms with E-state index in [1.165, 1.54) is 0 Å². The maximum atomic E-state index is 9.94. The third-order valence-electron chi connectivity index (χ3n) is 3.03. The zero-order chi connectivity index (χ0) is 15.9. The van der Waals surface area contributed by atoms with Crippen molar-refractivity contribution in [1.29, 1.82) is 0 Å². The van der Waals surface area contributed by atoms with Gasteiger partial charge in [-0.05, 0) is 47.5 Å². The SMILES string of the molecule is [N-]=[N+]=NCC(O)C(O)c1ccc(Oc2ccc(N)cc2)cc1. The summed E-state index contributed by atoms with van der Waals surface area (Å²) in [6.45, 7) is -0.193. The van der Waals surface area contributed by atoms with Crippen LogP contribution in [0.1, 0.15) is 11.7 Å². The first kappa shape index (κ1) is 15.7.